The van der Waals surface area contributed by atoms with E-state index in [4.69, 9.17) is 9.84 Å². The highest BCUT2D eigenvalue weighted by Gasteiger charge is 2.14. The molecule has 0 fully saturated rings. The maximum atomic E-state index is 12.7. The quantitative estimate of drug-likeness (QED) is 0.0376. The number of ether oxygens (including phenoxy) is 1. The summed E-state index contributed by atoms with van der Waals surface area (Å²) in [6.45, 7) is 4.20. The number of carboxylic acids is 1. The number of nitrogens with one attached hydrogen (secondary N) is 1. The van der Waals surface area contributed by atoms with Gasteiger partial charge in [0.15, 0.2) is 0 Å². The van der Waals surface area contributed by atoms with E-state index in [9.17, 15) is 14.4 Å². The van der Waals surface area contributed by atoms with Gasteiger partial charge < -0.3 is 15.2 Å². The van der Waals surface area contributed by atoms with E-state index >= 15 is 0 Å². The number of hydrogen-bond acceptors (Lipinski definition) is 4. The molecule has 0 bridgehead atoms. The number of rotatable bonds is 40. The third kappa shape index (κ3) is 38.9. The largest absolute Gasteiger partial charge is 0.480 e. The van der Waals surface area contributed by atoms with Crippen molar-refractivity contribution in [2.24, 2.45) is 0 Å². The van der Waals surface area contributed by atoms with Crippen LogP contribution in [-0.4, -0.2) is 35.6 Å². The van der Waals surface area contributed by atoms with E-state index < -0.39 is 5.97 Å². The molecule has 1 unspecified atom stereocenters. The van der Waals surface area contributed by atoms with Gasteiger partial charge in [0.1, 0.15) is 12.6 Å². The summed E-state index contributed by atoms with van der Waals surface area (Å²) in [6.07, 6.45) is 46.4. The van der Waals surface area contributed by atoms with Crippen molar-refractivity contribution in [3.05, 3.63) is 12.2 Å². The van der Waals surface area contributed by atoms with Gasteiger partial charge in [-0.1, -0.05) is 174 Å². The van der Waals surface area contributed by atoms with Crippen LogP contribution in [-0.2, 0) is 19.1 Å². The average molecular weight is 706 g/mol. The van der Waals surface area contributed by atoms with Crippen LogP contribution in [0.1, 0.15) is 239 Å². The number of hydrogen-bond donors (Lipinski definition) is 2. The SMILES string of the molecule is CCCCCCCCCC/C=C\CCCCCCCCCCCCCC(=O)OC(CCCCCCCC)CCCCCCC(=O)NCC(=O)O. The number of carbonyl (C=O) groups is 3. The molecular formula is C44H83NO5. The molecule has 0 radical (unpaired) electrons. The Bertz CT molecular complexity index is 782. The van der Waals surface area contributed by atoms with Crippen molar-refractivity contribution in [3.8, 4) is 0 Å². The maximum Gasteiger partial charge on any atom is 0.322 e. The fourth-order valence-electron chi connectivity index (χ4n) is 6.69. The highest BCUT2D eigenvalue weighted by atomic mass is 16.5. The molecule has 50 heavy (non-hydrogen) atoms. The molecule has 0 aromatic heterocycles. The van der Waals surface area contributed by atoms with Crippen LogP contribution in [0.4, 0.5) is 0 Å². The van der Waals surface area contributed by atoms with Gasteiger partial charge in [-0.15, -0.1) is 0 Å². The highest BCUT2D eigenvalue weighted by molar-refractivity contribution is 5.80. The summed E-state index contributed by atoms with van der Waals surface area (Å²) in [5.74, 6) is -1.25. The number of carbonyl (C=O) groups excluding carboxylic acids is 2. The van der Waals surface area contributed by atoms with E-state index in [2.05, 4.69) is 31.3 Å². The van der Waals surface area contributed by atoms with Crippen LogP contribution in [0.2, 0.25) is 0 Å². The third-order valence-electron chi connectivity index (χ3n) is 9.94. The molecule has 6 nitrogen and oxygen atoms in total. The predicted molar refractivity (Wildman–Crippen MR) is 213 cm³/mol. The van der Waals surface area contributed by atoms with Gasteiger partial charge in [-0.05, 0) is 64.2 Å². The molecule has 0 spiro atoms. The average Bonchev–Trinajstić information content (AvgIpc) is 3.10. The topological polar surface area (TPSA) is 92.7 Å². The van der Waals surface area contributed by atoms with Crippen LogP contribution < -0.4 is 5.32 Å². The Hall–Kier alpha value is -1.85. The molecular weight excluding hydrogens is 622 g/mol. The van der Waals surface area contributed by atoms with Crippen LogP contribution in [0.15, 0.2) is 12.2 Å². The third-order valence-corrected chi connectivity index (χ3v) is 9.94. The molecule has 2 N–H and O–H groups in total. The van der Waals surface area contributed by atoms with Crippen LogP contribution in [0.25, 0.3) is 0 Å². The summed E-state index contributed by atoms with van der Waals surface area (Å²) < 4.78 is 5.96. The van der Waals surface area contributed by atoms with Crippen molar-refractivity contribution in [2.75, 3.05) is 6.54 Å². The molecule has 6 heteroatoms. The zero-order valence-corrected chi connectivity index (χ0v) is 33.3. The molecule has 0 aliphatic heterocycles. The first-order valence-electron chi connectivity index (χ1n) is 21.8. The summed E-state index contributed by atoms with van der Waals surface area (Å²) in [5, 5.41) is 11.1. The zero-order chi connectivity index (χ0) is 36.6. The molecule has 0 aliphatic carbocycles. The summed E-state index contributed by atoms with van der Waals surface area (Å²) >= 11 is 0. The smallest absolute Gasteiger partial charge is 0.322 e. The number of allylic oxidation sites excluding steroid dienone is 2. The van der Waals surface area contributed by atoms with Crippen LogP contribution in [0.5, 0.6) is 0 Å². The monoisotopic (exact) mass is 706 g/mol. The molecule has 1 amide bonds. The van der Waals surface area contributed by atoms with Crippen molar-refractivity contribution >= 4 is 17.8 Å². The Labute approximate surface area is 310 Å². The number of carboxylic acid groups (broad SMARTS) is 1. The molecule has 0 aromatic rings. The van der Waals surface area contributed by atoms with Gasteiger partial charge in [-0.3, -0.25) is 14.4 Å². The Morgan fingerprint density at radius 1 is 0.500 bits per heavy atom. The van der Waals surface area contributed by atoms with Crippen molar-refractivity contribution in [3.63, 3.8) is 0 Å². The van der Waals surface area contributed by atoms with E-state index in [1.807, 2.05) is 0 Å². The predicted octanol–water partition coefficient (Wildman–Crippen LogP) is 13.3. The van der Waals surface area contributed by atoms with Crippen molar-refractivity contribution in [1.29, 1.82) is 0 Å². The fourth-order valence-corrected chi connectivity index (χ4v) is 6.69. The molecule has 0 aliphatic rings. The Balaban J connectivity index is 3.81. The van der Waals surface area contributed by atoms with Gasteiger partial charge in [0, 0.05) is 12.8 Å². The second kappa shape index (κ2) is 39.9. The second-order valence-corrected chi connectivity index (χ2v) is 15.0. The zero-order valence-electron chi connectivity index (χ0n) is 33.3. The molecule has 0 heterocycles. The molecule has 0 saturated heterocycles. The van der Waals surface area contributed by atoms with E-state index in [-0.39, 0.29) is 24.5 Å². The molecule has 294 valence electrons. The van der Waals surface area contributed by atoms with E-state index in [0.29, 0.717) is 12.8 Å². The van der Waals surface area contributed by atoms with Gasteiger partial charge in [-0.25, -0.2) is 0 Å². The number of unbranched alkanes of at least 4 members (excludes halogenated alkanes) is 27. The van der Waals surface area contributed by atoms with Crippen LogP contribution in [0.3, 0.4) is 0 Å². The Morgan fingerprint density at radius 3 is 1.28 bits per heavy atom. The van der Waals surface area contributed by atoms with E-state index in [1.54, 1.807) is 0 Å². The van der Waals surface area contributed by atoms with Crippen molar-refractivity contribution in [2.45, 2.75) is 245 Å². The number of aliphatic carboxylic acids is 1. The minimum Gasteiger partial charge on any atom is -0.480 e. The van der Waals surface area contributed by atoms with Gasteiger partial charge in [0.25, 0.3) is 0 Å². The fraction of sp³-hybridized carbons (Fsp3) is 0.886. The lowest BCUT2D eigenvalue weighted by Crippen LogP contribution is -2.28. The van der Waals surface area contributed by atoms with Crippen molar-refractivity contribution < 1.29 is 24.2 Å². The first-order valence-corrected chi connectivity index (χ1v) is 21.8. The normalized spacial score (nSPS) is 12.0. The Kier molecular flexibility index (Phi) is 38.5. The summed E-state index contributed by atoms with van der Waals surface area (Å²) in [5.41, 5.74) is 0. The van der Waals surface area contributed by atoms with Crippen LogP contribution in [0, 0.1) is 0 Å². The second-order valence-electron chi connectivity index (χ2n) is 15.0. The van der Waals surface area contributed by atoms with E-state index in [1.165, 1.54) is 154 Å². The lowest BCUT2D eigenvalue weighted by molar-refractivity contribution is -0.150. The minimum absolute atomic E-state index is 0.00791. The highest BCUT2D eigenvalue weighted by Crippen LogP contribution is 2.19. The van der Waals surface area contributed by atoms with Crippen LogP contribution >= 0.6 is 0 Å². The first kappa shape index (κ1) is 48.1. The summed E-state index contributed by atoms with van der Waals surface area (Å²) in [4.78, 5) is 34.9. The standard InChI is InChI=1S/C44H83NO5/c1-3-5-7-9-11-12-13-14-15-16-17-18-19-20-21-22-23-24-25-26-27-29-35-39-44(49)50-41(36-32-28-10-8-6-4-2)37-33-30-31-34-38-42(46)45-40-43(47)48/h16-17,41H,3-15,18-40H2,1-2H3,(H,45,46)(H,47,48)/b17-16-. The molecule has 0 saturated carbocycles. The summed E-state index contributed by atoms with van der Waals surface area (Å²) in [7, 11) is 0. The van der Waals surface area contributed by atoms with Gasteiger partial charge in [0.05, 0.1) is 0 Å². The van der Waals surface area contributed by atoms with Gasteiger partial charge in [-0.2, -0.15) is 0 Å². The lowest BCUT2D eigenvalue weighted by Gasteiger charge is -2.18. The minimum atomic E-state index is -1.02. The number of amides is 1. The lowest BCUT2D eigenvalue weighted by atomic mass is 10.0. The van der Waals surface area contributed by atoms with Gasteiger partial charge >= 0.3 is 11.9 Å². The molecule has 0 aromatic carbocycles. The number of esters is 1. The van der Waals surface area contributed by atoms with Crippen molar-refractivity contribution in [1.82, 2.24) is 5.32 Å². The molecule has 1 atom stereocenters. The Morgan fingerprint density at radius 2 is 0.860 bits per heavy atom. The molecule has 0 rings (SSSR count). The maximum absolute atomic E-state index is 12.7. The first-order chi connectivity index (χ1) is 24.5. The summed E-state index contributed by atoms with van der Waals surface area (Å²) in [6, 6.07) is 0. The van der Waals surface area contributed by atoms with E-state index in [0.717, 1.165) is 57.8 Å². The van der Waals surface area contributed by atoms with Gasteiger partial charge in [0.2, 0.25) is 5.91 Å².